The zero-order valence-corrected chi connectivity index (χ0v) is 11.8. The van der Waals surface area contributed by atoms with Gasteiger partial charge in [0.05, 0.1) is 6.54 Å². The molecular formula is C14H26N2O. The minimum Gasteiger partial charge on any atom is -0.465 e. The van der Waals surface area contributed by atoms with Crippen molar-refractivity contribution in [3.8, 4) is 0 Å². The number of hydrogen-bond donors (Lipinski definition) is 1. The summed E-state index contributed by atoms with van der Waals surface area (Å²) in [5, 5.41) is 3.47. The van der Waals surface area contributed by atoms with Crippen molar-refractivity contribution in [2.45, 2.75) is 40.3 Å². The van der Waals surface area contributed by atoms with Crippen LogP contribution in [0.5, 0.6) is 0 Å². The fourth-order valence-corrected chi connectivity index (χ4v) is 1.93. The van der Waals surface area contributed by atoms with Gasteiger partial charge in [0, 0.05) is 12.6 Å². The van der Waals surface area contributed by atoms with Crippen molar-refractivity contribution in [3.63, 3.8) is 0 Å². The van der Waals surface area contributed by atoms with Crippen molar-refractivity contribution in [2.75, 3.05) is 20.1 Å². The van der Waals surface area contributed by atoms with Crippen molar-refractivity contribution in [1.29, 1.82) is 0 Å². The summed E-state index contributed by atoms with van der Waals surface area (Å²) in [5.74, 6) is 2.69. The molecule has 0 aromatic carbocycles. The number of nitrogens with zero attached hydrogens (tertiary/aromatic N) is 1. The molecule has 17 heavy (non-hydrogen) atoms. The van der Waals surface area contributed by atoms with Crippen molar-refractivity contribution in [3.05, 3.63) is 23.7 Å². The minimum atomic E-state index is 0.565. The Bertz CT molecular complexity index is 320. The molecule has 0 bridgehead atoms. The molecule has 1 heterocycles. The largest absolute Gasteiger partial charge is 0.465 e. The van der Waals surface area contributed by atoms with Crippen molar-refractivity contribution >= 4 is 0 Å². The molecule has 1 rings (SSSR count). The van der Waals surface area contributed by atoms with Crippen LogP contribution in [0.4, 0.5) is 0 Å². The van der Waals surface area contributed by atoms with Crippen LogP contribution in [0, 0.1) is 12.8 Å². The second kappa shape index (κ2) is 6.82. The lowest BCUT2D eigenvalue weighted by Gasteiger charge is -2.21. The number of nitrogens with one attached hydrogen (secondary N) is 1. The molecule has 1 unspecified atom stereocenters. The van der Waals surface area contributed by atoms with Gasteiger partial charge in [-0.1, -0.05) is 20.8 Å². The van der Waals surface area contributed by atoms with Gasteiger partial charge in [-0.25, -0.2) is 0 Å². The minimum absolute atomic E-state index is 0.565. The third kappa shape index (κ3) is 5.89. The van der Waals surface area contributed by atoms with E-state index in [1.807, 2.05) is 13.0 Å². The first-order valence-electron chi connectivity index (χ1n) is 6.44. The highest BCUT2D eigenvalue weighted by Gasteiger charge is 2.09. The van der Waals surface area contributed by atoms with Crippen LogP contribution in [0.15, 0.2) is 16.5 Å². The Morgan fingerprint density at radius 3 is 2.53 bits per heavy atom. The normalized spacial score (nSPS) is 13.6. The Morgan fingerprint density at radius 1 is 1.29 bits per heavy atom. The molecule has 1 aromatic rings. The number of furan rings is 1. The number of rotatable bonds is 7. The molecule has 3 nitrogen and oxygen atoms in total. The maximum atomic E-state index is 5.58. The Hall–Kier alpha value is -0.800. The Labute approximate surface area is 105 Å². The monoisotopic (exact) mass is 238 g/mol. The van der Waals surface area contributed by atoms with E-state index in [1.54, 1.807) is 0 Å². The van der Waals surface area contributed by atoms with Crippen LogP contribution in [0.25, 0.3) is 0 Å². The molecule has 98 valence electrons. The van der Waals surface area contributed by atoms with Crippen LogP contribution in [0.3, 0.4) is 0 Å². The third-order valence-corrected chi connectivity index (χ3v) is 2.72. The van der Waals surface area contributed by atoms with Crippen molar-refractivity contribution in [2.24, 2.45) is 5.92 Å². The second-order valence-corrected chi connectivity index (χ2v) is 5.38. The van der Waals surface area contributed by atoms with Gasteiger partial charge in [0.15, 0.2) is 0 Å². The lowest BCUT2D eigenvalue weighted by Crippen LogP contribution is -2.33. The van der Waals surface area contributed by atoms with E-state index in [1.165, 1.54) is 0 Å². The zero-order chi connectivity index (χ0) is 12.8. The Morgan fingerprint density at radius 2 is 2.00 bits per heavy atom. The van der Waals surface area contributed by atoms with Crippen LogP contribution in [0.1, 0.15) is 32.3 Å². The van der Waals surface area contributed by atoms with E-state index >= 15 is 0 Å². The SMILES string of the molecule is Cc1ccc(CN(C)CC(C)CNC(C)C)o1. The van der Waals surface area contributed by atoms with Crippen molar-refractivity contribution in [1.82, 2.24) is 10.2 Å². The van der Waals surface area contributed by atoms with E-state index in [4.69, 9.17) is 4.42 Å². The van der Waals surface area contributed by atoms with Gasteiger partial charge in [0.1, 0.15) is 11.5 Å². The van der Waals surface area contributed by atoms with E-state index in [9.17, 15) is 0 Å². The molecule has 3 heteroatoms. The van der Waals surface area contributed by atoms with Gasteiger partial charge in [0.2, 0.25) is 0 Å². The summed E-state index contributed by atoms with van der Waals surface area (Å²) < 4.78 is 5.58. The van der Waals surface area contributed by atoms with E-state index in [0.29, 0.717) is 12.0 Å². The predicted molar refractivity (Wildman–Crippen MR) is 72.1 cm³/mol. The van der Waals surface area contributed by atoms with Crippen LogP contribution in [-0.2, 0) is 6.54 Å². The molecule has 0 fully saturated rings. The van der Waals surface area contributed by atoms with E-state index in [0.717, 1.165) is 31.2 Å². The summed E-state index contributed by atoms with van der Waals surface area (Å²) in [6.45, 7) is 11.7. The lowest BCUT2D eigenvalue weighted by molar-refractivity contribution is 0.250. The lowest BCUT2D eigenvalue weighted by atomic mass is 10.1. The van der Waals surface area contributed by atoms with Gasteiger partial charge in [-0.2, -0.15) is 0 Å². The highest BCUT2D eigenvalue weighted by molar-refractivity contribution is 5.05. The average molecular weight is 238 g/mol. The zero-order valence-electron chi connectivity index (χ0n) is 11.8. The van der Waals surface area contributed by atoms with Crippen LogP contribution >= 0.6 is 0 Å². The van der Waals surface area contributed by atoms with Gasteiger partial charge < -0.3 is 9.73 Å². The molecule has 0 amide bonds. The van der Waals surface area contributed by atoms with E-state index in [-0.39, 0.29) is 0 Å². The highest BCUT2D eigenvalue weighted by Crippen LogP contribution is 2.09. The van der Waals surface area contributed by atoms with Crippen LogP contribution in [0.2, 0.25) is 0 Å². The Balaban J connectivity index is 2.26. The summed E-state index contributed by atoms with van der Waals surface area (Å²) in [5.41, 5.74) is 0. The molecule has 0 saturated carbocycles. The van der Waals surface area contributed by atoms with Gasteiger partial charge >= 0.3 is 0 Å². The summed E-state index contributed by atoms with van der Waals surface area (Å²) in [4.78, 5) is 2.31. The molecular weight excluding hydrogens is 212 g/mol. The summed E-state index contributed by atoms with van der Waals surface area (Å²) in [6.07, 6.45) is 0. The standard InChI is InChI=1S/C14H26N2O/c1-11(2)15-8-12(3)9-16(5)10-14-7-6-13(4)17-14/h6-7,11-12,15H,8-10H2,1-5H3. The van der Waals surface area contributed by atoms with Crippen LogP contribution < -0.4 is 5.32 Å². The maximum Gasteiger partial charge on any atom is 0.118 e. The first kappa shape index (κ1) is 14.3. The first-order chi connectivity index (χ1) is 7.97. The fourth-order valence-electron chi connectivity index (χ4n) is 1.93. The second-order valence-electron chi connectivity index (χ2n) is 5.38. The first-order valence-corrected chi connectivity index (χ1v) is 6.44. The number of hydrogen-bond acceptors (Lipinski definition) is 3. The highest BCUT2D eigenvalue weighted by atomic mass is 16.3. The van der Waals surface area contributed by atoms with Crippen LogP contribution in [-0.4, -0.2) is 31.1 Å². The number of aryl methyl sites for hydroxylation is 1. The predicted octanol–water partition coefficient (Wildman–Crippen LogP) is 2.65. The third-order valence-electron chi connectivity index (χ3n) is 2.72. The topological polar surface area (TPSA) is 28.4 Å². The maximum absolute atomic E-state index is 5.58. The molecule has 0 saturated heterocycles. The average Bonchev–Trinajstić information content (AvgIpc) is 2.60. The van der Waals surface area contributed by atoms with Gasteiger partial charge in [0.25, 0.3) is 0 Å². The molecule has 1 N–H and O–H groups in total. The molecule has 0 radical (unpaired) electrons. The molecule has 0 aliphatic rings. The molecule has 0 aliphatic carbocycles. The van der Waals surface area contributed by atoms with E-state index in [2.05, 4.69) is 44.1 Å². The molecule has 1 atom stereocenters. The van der Waals surface area contributed by atoms with Gasteiger partial charge in [-0.15, -0.1) is 0 Å². The van der Waals surface area contributed by atoms with Gasteiger partial charge in [-0.05, 0) is 38.6 Å². The van der Waals surface area contributed by atoms with E-state index < -0.39 is 0 Å². The summed E-state index contributed by atoms with van der Waals surface area (Å²) in [7, 11) is 2.14. The Kier molecular flexibility index (Phi) is 5.72. The molecule has 0 aliphatic heterocycles. The quantitative estimate of drug-likeness (QED) is 0.791. The van der Waals surface area contributed by atoms with Gasteiger partial charge in [-0.3, -0.25) is 4.90 Å². The van der Waals surface area contributed by atoms with Crippen molar-refractivity contribution < 1.29 is 4.42 Å². The molecule has 1 aromatic heterocycles. The molecule has 0 spiro atoms. The fraction of sp³-hybridized carbons (Fsp3) is 0.714. The summed E-state index contributed by atoms with van der Waals surface area (Å²) >= 11 is 0. The summed E-state index contributed by atoms with van der Waals surface area (Å²) in [6, 6.07) is 4.64. The smallest absolute Gasteiger partial charge is 0.118 e.